The van der Waals surface area contributed by atoms with E-state index in [2.05, 4.69) is 25.0 Å². The fraction of sp³-hybridized carbons (Fsp3) is 0.263. The highest BCUT2D eigenvalue weighted by atomic mass is 16.5. The van der Waals surface area contributed by atoms with Gasteiger partial charge < -0.3 is 9.64 Å². The zero-order valence-electron chi connectivity index (χ0n) is 14.2. The Labute approximate surface area is 150 Å². The van der Waals surface area contributed by atoms with Crippen molar-refractivity contribution in [3.05, 3.63) is 55.1 Å². The van der Waals surface area contributed by atoms with Gasteiger partial charge in [0.2, 0.25) is 0 Å². The predicted molar refractivity (Wildman–Crippen MR) is 98.4 cm³/mol. The molecule has 1 saturated heterocycles. The molecule has 0 spiro atoms. The molecule has 4 heterocycles. The summed E-state index contributed by atoms with van der Waals surface area (Å²) in [5.41, 5.74) is 0.951. The Hall–Kier alpha value is -3.22. The molecule has 1 atom stereocenters. The van der Waals surface area contributed by atoms with E-state index in [4.69, 9.17) is 4.74 Å². The number of aromatic nitrogens is 5. The largest absolute Gasteiger partial charge is 0.491 e. The summed E-state index contributed by atoms with van der Waals surface area (Å²) in [6.07, 6.45) is 7.34. The van der Waals surface area contributed by atoms with Crippen molar-refractivity contribution < 1.29 is 4.74 Å². The van der Waals surface area contributed by atoms with E-state index in [9.17, 15) is 0 Å². The normalized spacial score (nSPS) is 17.2. The molecule has 4 aromatic rings. The van der Waals surface area contributed by atoms with E-state index < -0.39 is 0 Å². The van der Waals surface area contributed by atoms with Gasteiger partial charge in [0.15, 0.2) is 0 Å². The van der Waals surface area contributed by atoms with Gasteiger partial charge in [0.25, 0.3) is 5.78 Å². The van der Waals surface area contributed by atoms with Crippen LogP contribution in [-0.2, 0) is 0 Å². The fourth-order valence-corrected chi connectivity index (χ4v) is 3.64. The van der Waals surface area contributed by atoms with Crippen LogP contribution < -0.4 is 9.64 Å². The highest BCUT2D eigenvalue weighted by Gasteiger charge is 2.27. The number of benzene rings is 1. The van der Waals surface area contributed by atoms with E-state index in [1.807, 2.05) is 36.4 Å². The number of hydrogen-bond donors (Lipinski definition) is 0. The minimum Gasteiger partial charge on any atom is -0.491 e. The lowest BCUT2D eigenvalue weighted by molar-refractivity contribution is 0.291. The average molecular weight is 346 g/mol. The van der Waals surface area contributed by atoms with Crippen molar-refractivity contribution in [2.75, 3.05) is 18.1 Å². The topological polar surface area (TPSA) is 68.4 Å². The van der Waals surface area contributed by atoms with Gasteiger partial charge in [0.05, 0.1) is 11.6 Å². The van der Waals surface area contributed by atoms with Crippen LogP contribution in [0.1, 0.15) is 12.8 Å². The van der Waals surface area contributed by atoms with Crippen molar-refractivity contribution in [1.82, 2.24) is 24.6 Å². The van der Waals surface area contributed by atoms with E-state index in [1.54, 1.807) is 16.9 Å². The van der Waals surface area contributed by atoms with Gasteiger partial charge in [-0.15, -0.1) is 0 Å². The van der Waals surface area contributed by atoms with Crippen molar-refractivity contribution in [2.45, 2.75) is 18.9 Å². The van der Waals surface area contributed by atoms with Crippen molar-refractivity contribution >= 4 is 22.5 Å². The first-order valence-electron chi connectivity index (χ1n) is 8.78. The van der Waals surface area contributed by atoms with Crippen LogP contribution in [0.3, 0.4) is 0 Å². The summed E-state index contributed by atoms with van der Waals surface area (Å²) in [5, 5.41) is 5.35. The molecule has 1 aliphatic heterocycles. The molecular weight excluding hydrogens is 328 g/mol. The molecule has 0 aliphatic carbocycles. The van der Waals surface area contributed by atoms with E-state index in [1.165, 1.54) is 6.33 Å². The fourth-order valence-electron chi connectivity index (χ4n) is 3.64. The third-order valence-corrected chi connectivity index (χ3v) is 4.87. The Morgan fingerprint density at radius 3 is 3.04 bits per heavy atom. The first kappa shape index (κ1) is 15.1. The first-order valence-corrected chi connectivity index (χ1v) is 8.78. The van der Waals surface area contributed by atoms with Crippen molar-refractivity contribution in [3.63, 3.8) is 0 Å². The molecule has 7 heteroatoms. The summed E-state index contributed by atoms with van der Waals surface area (Å²) in [5.74, 6) is 2.51. The van der Waals surface area contributed by atoms with Crippen molar-refractivity contribution in [3.8, 4) is 5.75 Å². The third kappa shape index (κ3) is 2.52. The zero-order chi connectivity index (χ0) is 17.3. The van der Waals surface area contributed by atoms with Crippen LogP contribution in [0.4, 0.5) is 5.82 Å². The number of pyridine rings is 1. The predicted octanol–water partition coefficient (Wildman–Crippen LogP) is 2.72. The molecule has 0 bridgehead atoms. The minimum absolute atomic E-state index is 0.289. The summed E-state index contributed by atoms with van der Waals surface area (Å²) in [4.78, 5) is 15.2. The number of anilines is 1. The number of nitrogens with zero attached hydrogens (tertiary/aromatic N) is 6. The second-order valence-electron chi connectivity index (χ2n) is 6.40. The SMILES string of the molecule is c1cc(OCC2CCCN2c2ccnc3ncnn23)c2cccnc2c1. The maximum Gasteiger partial charge on any atom is 0.254 e. The molecule has 1 aliphatic rings. The zero-order valence-corrected chi connectivity index (χ0v) is 14.2. The molecule has 0 N–H and O–H groups in total. The number of ether oxygens (including phenoxy) is 1. The lowest BCUT2D eigenvalue weighted by Gasteiger charge is -2.26. The minimum atomic E-state index is 0.289. The molecule has 5 rings (SSSR count). The molecule has 7 nitrogen and oxygen atoms in total. The molecule has 26 heavy (non-hydrogen) atoms. The van der Waals surface area contributed by atoms with Crippen molar-refractivity contribution in [2.24, 2.45) is 0 Å². The second-order valence-corrected chi connectivity index (χ2v) is 6.40. The Kier molecular flexibility index (Phi) is 3.62. The van der Waals surface area contributed by atoms with Crippen LogP contribution in [0, 0.1) is 0 Å². The summed E-state index contributed by atoms with van der Waals surface area (Å²) in [7, 11) is 0. The van der Waals surface area contributed by atoms with Crippen LogP contribution in [0.2, 0.25) is 0 Å². The highest BCUT2D eigenvalue weighted by molar-refractivity contribution is 5.84. The molecule has 0 saturated carbocycles. The van der Waals surface area contributed by atoms with Gasteiger partial charge in [-0.25, -0.2) is 4.98 Å². The highest BCUT2D eigenvalue weighted by Crippen LogP contribution is 2.28. The van der Waals surface area contributed by atoms with Gasteiger partial charge in [0, 0.05) is 24.3 Å². The monoisotopic (exact) mass is 346 g/mol. The summed E-state index contributed by atoms with van der Waals surface area (Å²) in [6, 6.07) is 12.3. The molecule has 0 amide bonds. The van der Waals surface area contributed by atoms with Gasteiger partial charge in [-0.05, 0) is 43.2 Å². The maximum absolute atomic E-state index is 6.21. The molecule has 0 radical (unpaired) electrons. The van der Waals surface area contributed by atoms with Crippen LogP contribution in [0.25, 0.3) is 16.7 Å². The number of rotatable bonds is 4. The molecule has 1 unspecified atom stereocenters. The van der Waals surface area contributed by atoms with Crippen molar-refractivity contribution in [1.29, 1.82) is 0 Å². The standard InChI is InChI=1S/C19H18N6O/c1-6-16-15(5-2-9-20-16)17(7-1)26-12-14-4-3-11-24(14)18-8-10-21-19-22-13-23-25(18)19/h1-2,5-10,13-14H,3-4,11-12H2. The van der Waals surface area contributed by atoms with Crippen LogP contribution in [0.15, 0.2) is 55.1 Å². The Balaban J connectivity index is 1.40. The van der Waals surface area contributed by atoms with E-state index in [0.717, 1.165) is 41.9 Å². The lowest BCUT2D eigenvalue weighted by Crippen LogP contribution is -2.35. The van der Waals surface area contributed by atoms with Crippen LogP contribution in [0.5, 0.6) is 5.75 Å². The summed E-state index contributed by atoms with van der Waals surface area (Å²) >= 11 is 0. The Morgan fingerprint density at radius 2 is 2.04 bits per heavy atom. The molecule has 130 valence electrons. The molecule has 1 fully saturated rings. The smallest absolute Gasteiger partial charge is 0.254 e. The molecule has 1 aromatic carbocycles. The third-order valence-electron chi connectivity index (χ3n) is 4.87. The van der Waals surface area contributed by atoms with Gasteiger partial charge >= 0.3 is 0 Å². The number of fused-ring (bicyclic) bond motifs is 2. The Morgan fingerprint density at radius 1 is 1.04 bits per heavy atom. The first-order chi connectivity index (χ1) is 12.9. The van der Waals surface area contributed by atoms with Crippen LogP contribution in [-0.4, -0.2) is 43.8 Å². The van der Waals surface area contributed by atoms with Gasteiger partial charge in [0.1, 0.15) is 24.5 Å². The van der Waals surface area contributed by atoms with Crippen LogP contribution >= 0.6 is 0 Å². The summed E-state index contributed by atoms with van der Waals surface area (Å²) in [6.45, 7) is 1.59. The average Bonchev–Trinajstić information content (AvgIpc) is 3.35. The van der Waals surface area contributed by atoms with E-state index >= 15 is 0 Å². The summed E-state index contributed by atoms with van der Waals surface area (Å²) < 4.78 is 8.00. The second kappa shape index (κ2) is 6.25. The van der Waals surface area contributed by atoms with Gasteiger partial charge in [-0.2, -0.15) is 14.6 Å². The quantitative estimate of drug-likeness (QED) is 0.566. The number of hydrogen-bond acceptors (Lipinski definition) is 6. The lowest BCUT2D eigenvalue weighted by atomic mass is 10.2. The molecule has 3 aromatic heterocycles. The molecular formula is C19H18N6O. The maximum atomic E-state index is 6.21. The van der Waals surface area contributed by atoms with Gasteiger partial charge in [-0.1, -0.05) is 6.07 Å². The van der Waals surface area contributed by atoms with Gasteiger partial charge in [-0.3, -0.25) is 4.98 Å². The Bertz CT molecular complexity index is 1060. The van der Waals surface area contributed by atoms with E-state index in [0.29, 0.717) is 12.4 Å². The van der Waals surface area contributed by atoms with E-state index in [-0.39, 0.29) is 6.04 Å².